The Labute approximate surface area is 331 Å². The summed E-state index contributed by atoms with van der Waals surface area (Å²) < 4.78 is 34.2. The van der Waals surface area contributed by atoms with Crippen LogP contribution in [-0.4, -0.2) is 74.9 Å². The molecule has 0 amide bonds. The Morgan fingerprint density at radius 1 is 0.574 bits per heavy atom. The summed E-state index contributed by atoms with van der Waals surface area (Å²) in [5.74, 6) is -0.856. The van der Waals surface area contributed by atoms with Gasteiger partial charge in [0.2, 0.25) is 0 Å². The molecule has 0 aromatic rings. The summed E-state index contributed by atoms with van der Waals surface area (Å²) >= 11 is 0. The van der Waals surface area contributed by atoms with E-state index in [2.05, 4.69) is 62.5 Å². The van der Waals surface area contributed by atoms with E-state index in [9.17, 15) is 19.0 Å². The van der Waals surface area contributed by atoms with Gasteiger partial charge in [-0.2, -0.15) is 0 Å². The van der Waals surface area contributed by atoms with E-state index in [0.29, 0.717) is 17.4 Å². The number of phosphoric acid groups is 1. The number of nitrogens with zero attached hydrogens (tertiary/aromatic N) is 1. The summed E-state index contributed by atoms with van der Waals surface area (Å²) in [6, 6.07) is 0. The number of hydrogen-bond donors (Lipinski definition) is 1. The van der Waals surface area contributed by atoms with Crippen molar-refractivity contribution in [3.8, 4) is 0 Å². The van der Waals surface area contributed by atoms with Crippen LogP contribution in [0, 0.1) is 0 Å². The van der Waals surface area contributed by atoms with E-state index in [1.165, 1.54) is 64.2 Å². The lowest BCUT2D eigenvalue weighted by molar-refractivity contribution is -0.870. The third kappa shape index (κ3) is 39.7. The van der Waals surface area contributed by atoms with Gasteiger partial charge in [0.05, 0.1) is 27.7 Å². The SMILES string of the molecule is CCCCC/C=C\C/C=C\C/C=C\CCCCC(=O)OC(COC(=O)CCCCCCC/C=C\CCCCCCCC)COP(=O)(O)OCC[N+](C)(C)C. The molecule has 0 spiro atoms. The number of carbonyl (C=O) groups excluding carboxylic acids is 2. The number of likely N-dealkylation sites (N-methyl/N-ethyl adjacent to an activating group) is 1. The van der Waals surface area contributed by atoms with Gasteiger partial charge in [-0.25, -0.2) is 4.57 Å². The minimum Gasteiger partial charge on any atom is -0.462 e. The quantitative estimate of drug-likeness (QED) is 0.0217. The van der Waals surface area contributed by atoms with Gasteiger partial charge in [-0.15, -0.1) is 0 Å². The molecule has 10 heteroatoms. The highest BCUT2D eigenvalue weighted by molar-refractivity contribution is 7.47. The number of phosphoric ester groups is 1. The maximum atomic E-state index is 12.6. The third-order valence-corrected chi connectivity index (χ3v) is 9.82. The highest BCUT2D eigenvalue weighted by Gasteiger charge is 2.27. The second-order valence-electron chi connectivity index (χ2n) is 15.4. The second-order valence-corrected chi connectivity index (χ2v) is 16.8. The normalized spacial score (nSPS) is 14.1. The van der Waals surface area contributed by atoms with E-state index in [-0.39, 0.29) is 32.0 Å². The highest BCUT2D eigenvalue weighted by atomic mass is 31.2. The van der Waals surface area contributed by atoms with E-state index in [4.69, 9.17) is 18.5 Å². The minimum atomic E-state index is -4.38. The molecule has 0 saturated carbocycles. The summed E-state index contributed by atoms with van der Waals surface area (Å²) in [6.45, 7) is 4.32. The molecule has 54 heavy (non-hydrogen) atoms. The van der Waals surface area contributed by atoms with E-state index >= 15 is 0 Å². The first-order valence-electron chi connectivity index (χ1n) is 21.4. The first-order valence-corrected chi connectivity index (χ1v) is 22.9. The fourth-order valence-corrected chi connectivity index (χ4v) is 6.17. The van der Waals surface area contributed by atoms with E-state index in [1.54, 1.807) is 0 Å². The molecule has 9 nitrogen and oxygen atoms in total. The number of quaternary nitrogens is 1. The van der Waals surface area contributed by atoms with E-state index < -0.39 is 26.5 Å². The van der Waals surface area contributed by atoms with Crippen molar-refractivity contribution in [2.75, 3.05) is 47.5 Å². The van der Waals surface area contributed by atoms with Crippen LogP contribution < -0.4 is 0 Å². The van der Waals surface area contributed by atoms with Crippen molar-refractivity contribution < 1.29 is 42.1 Å². The molecule has 0 rings (SSSR count). The number of hydrogen-bond acceptors (Lipinski definition) is 7. The van der Waals surface area contributed by atoms with Crippen LogP contribution in [0.5, 0.6) is 0 Å². The van der Waals surface area contributed by atoms with Crippen LogP contribution in [0.4, 0.5) is 0 Å². The Kier molecular flexibility index (Phi) is 35.2. The molecule has 0 aliphatic rings. The molecule has 2 unspecified atom stereocenters. The lowest BCUT2D eigenvalue weighted by Gasteiger charge is -2.24. The summed E-state index contributed by atoms with van der Waals surface area (Å²) in [5, 5.41) is 0. The maximum Gasteiger partial charge on any atom is 0.472 e. The molecule has 1 N–H and O–H groups in total. The molecular weight excluding hydrogens is 701 g/mol. The number of ether oxygens (including phenoxy) is 2. The smallest absolute Gasteiger partial charge is 0.462 e. The van der Waals surface area contributed by atoms with Crippen LogP contribution in [0.25, 0.3) is 0 Å². The average Bonchev–Trinajstić information content (AvgIpc) is 3.12. The molecule has 0 heterocycles. The predicted molar refractivity (Wildman–Crippen MR) is 224 cm³/mol. The Hall–Kier alpha value is -2.03. The van der Waals surface area contributed by atoms with Crippen LogP contribution in [0.1, 0.15) is 168 Å². The number of carbonyl (C=O) groups is 2. The zero-order chi connectivity index (χ0) is 40.0. The maximum absolute atomic E-state index is 12.6. The largest absolute Gasteiger partial charge is 0.472 e. The molecule has 314 valence electrons. The van der Waals surface area contributed by atoms with Crippen molar-refractivity contribution in [2.45, 2.75) is 174 Å². The molecule has 0 aromatic carbocycles. The lowest BCUT2D eigenvalue weighted by Crippen LogP contribution is -2.37. The van der Waals surface area contributed by atoms with Crippen LogP contribution >= 0.6 is 7.82 Å². The number of unbranched alkanes of at least 4 members (excludes halogenated alkanes) is 16. The van der Waals surface area contributed by atoms with Crippen molar-refractivity contribution in [3.05, 3.63) is 48.6 Å². The van der Waals surface area contributed by atoms with Gasteiger partial charge in [0.15, 0.2) is 6.10 Å². The van der Waals surface area contributed by atoms with E-state index in [0.717, 1.165) is 70.6 Å². The molecule has 2 atom stereocenters. The highest BCUT2D eigenvalue weighted by Crippen LogP contribution is 2.43. The van der Waals surface area contributed by atoms with Crippen molar-refractivity contribution in [1.29, 1.82) is 0 Å². The van der Waals surface area contributed by atoms with Crippen LogP contribution in [0.15, 0.2) is 48.6 Å². The monoisotopic (exact) mass is 783 g/mol. The predicted octanol–water partition coefficient (Wildman–Crippen LogP) is 11.9. The van der Waals surface area contributed by atoms with Crippen LogP contribution in [0.3, 0.4) is 0 Å². The molecule has 0 bridgehead atoms. The van der Waals surface area contributed by atoms with Gasteiger partial charge in [-0.1, -0.05) is 127 Å². The van der Waals surface area contributed by atoms with Gasteiger partial charge < -0.3 is 18.9 Å². The second kappa shape index (κ2) is 36.6. The topological polar surface area (TPSA) is 108 Å². The first kappa shape index (κ1) is 52.0. The van der Waals surface area contributed by atoms with Gasteiger partial charge >= 0.3 is 19.8 Å². The van der Waals surface area contributed by atoms with Crippen molar-refractivity contribution in [2.24, 2.45) is 0 Å². The standard InChI is InChI=1S/C44H80NO8P/c1-6-8-10-12-14-16-18-20-22-24-26-28-30-32-34-36-43(46)50-40-42(41-52-54(48,49)51-39-38-45(3,4)5)53-44(47)37-35-33-31-29-27-25-23-21-19-17-15-13-11-9-7-2/h15,17,20-23,27,29,42H,6-14,16,18-19,24-26,28,30-41H2,1-5H3/p+1/b17-15-,22-20-,23-21-,29-27-. The Morgan fingerprint density at radius 3 is 1.57 bits per heavy atom. The number of allylic oxidation sites excluding steroid dienone is 8. The minimum absolute atomic E-state index is 0.0218. The van der Waals surface area contributed by atoms with Crippen LogP contribution in [0.2, 0.25) is 0 Å². The van der Waals surface area contributed by atoms with Gasteiger partial charge in [-0.05, 0) is 77.0 Å². The Bertz CT molecular complexity index is 1070. The molecular formula is C44H81NO8P+. The van der Waals surface area contributed by atoms with Crippen LogP contribution in [-0.2, 0) is 32.7 Å². The van der Waals surface area contributed by atoms with Gasteiger partial charge in [-0.3, -0.25) is 18.6 Å². The molecule has 0 fully saturated rings. The summed E-state index contributed by atoms with van der Waals surface area (Å²) in [7, 11) is 1.44. The third-order valence-electron chi connectivity index (χ3n) is 8.83. The van der Waals surface area contributed by atoms with Gasteiger partial charge in [0, 0.05) is 12.8 Å². The Balaban J connectivity index is 4.47. The zero-order valence-electron chi connectivity index (χ0n) is 35.2. The van der Waals surface area contributed by atoms with E-state index in [1.807, 2.05) is 21.1 Å². The van der Waals surface area contributed by atoms with Gasteiger partial charge in [0.1, 0.15) is 19.8 Å². The summed E-state index contributed by atoms with van der Waals surface area (Å²) in [5.41, 5.74) is 0. The lowest BCUT2D eigenvalue weighted by atomic mass is 10.1. The fraction of sp³-hybridized carbons (Fsp3) is 0.773. The van der Waals surface area contributed by atoms with Crippen molar-refractivity contribution in [3.63, 3.8) is 0 Å². The first-order chi connectivity index (χ1) is 26.0. The number of esters is 2. The fourth-order valence-electron chi connectivity index (χ4n) is 5.43. The van der Waals surface area contributed by atoms with Crippen molar-refractivity contribution in [1.82, 2.24) is 0 Å². The summed E-state index contributed by atoms with van der Waals surface area (Å²) in [4.78, 5) is 35.3. The molecule has 0 aliphatic heterocycles. The molecule has 0 aliphatic carbocycles. The molecule has 0 aromatic heterocycles. The number of rotatable bonds is 38. The van der Waals surface area contributed by atoms with Gasteiger partial charge in [0.25, 0.3) is 0 Å². The Morgan fingerprint density at radius 2 is 1.00 bits per heavy atom. The van der Waals surface area contributed by atoms with Crippen molar-refractivity contribution >= 4 is 19.8 Å². The average molecular weight is 783 g/mol. The molecule has 0 saturated heterocycles. The summed E-state index contributed by atoms with van der Waals surface area (Å²) in [6.07, 6.45) is 41.6. The molecule has 0 radical (unpaired) electrons. The zero-order valence-corrected chi connectivity index (χ0v) is 36.1.